The fraction of sp³-hybridized carbons (Fsp3) is 0. The van der Waals surface area contributed by atoms with Gasteiger partial charge in [0.05, 0.1) is 5.69 Å². The van der Waals surface area contributed by atoms with Crippen molar-refractivity contribution in [3.63, 3.8) is 0 Å². The number of anilines is 1. The number of hydrogen-bond acceptors (Lipinski definition) is 2. The fourth-order valence-corrected chi connectivity index (χ4v) is 0.898. The molecule has 0 saturated carbocycles. The maximum absolute atomic E-state index is 10.6. The predicted molar refractivity (Wildman–Crippen MR) is 51.9 cm³/mol. The van der Waals surface area contributed by atoms with Crippen LogP contribution >= 0.6 is 12.8 Å². The van der Waals surface area contributed by atoms with Gasteiger partial charge < -0.3 is 5.73 Å². The highest BCUT2D eigenvalue weighted by molar-refractivity contribution is 7.82. The lowest BCUT2D eigenvalue weighted by Gasteiger charge is -2.11. The molecule has 0 aliphatic rings. The van der Waals surface area contributed by atoms with Gasteiger partial charge in [-0.25, -0.2) is 9.10 Å². The van der Waals surface area contributed by atoms with Gasteiger partial charge in [0.2, 0.25) is 0 Å². The molecule has 0 aromatic heterocycles. The zero-order chi connectivity index (χ0) is 9.14. The molecule has 0 unspecified atom stereocenters. The van der Waals surface area contributed by atoms with E-state index < -0.39 is 6.03 Å². The summed E-state index contributed by atoms with van der Waals surface area (Å²) in [6.45, 7) is 3.71. The molecule has 1 rings (SSSR count). The maximum atomic E-state index is 10.6. The van der Waals surface area contributed by atoms with Crippen LogP contribution < -0.4 is 10.0 Å². The van der Waals surface area contributed by atoms with Crippen LogP contribution in [-0.4, -0.2) is 6.03 Å². The number of thiol groups is 1. The fourth-order valence-electron chi connectivity index (χ4n) is 0.764. The molecule has 0 heterocycles. The Kier molecular flexibility index (Phi) is 2.60. The van der Waals surface area contributed by atoms with Crippen molar-refractivity contribution in [2.45, 2.75) is 0 Å². The molecule has 1 radical (unpaired) electrons. The lowest BCUT2D eigenvalue weighted by Crippen LogP contribution is -2.27. The third-order valence-corrected chi connectivity index (χ3v) is 1.82. The Labute approximate surface area is 76.7 Å². The van der Waals surface area contributed by atoms with E-state index in [0.717, 1.165) is 9.87 Å². The monoisotopic (exact) mass is 181 g/mol. The van der Waals surface area contributed by atoms with Crippen molar-refractivity contribution in [3.8, 4) is 0 Å². The Balaban J connectivity index is 2.89. The number of urea groups is 1. The summed E-state index contributed by atoms with van der Waals surface area (Å²) in [5.41, 5.74) is 6.52. The van der Waals surface area contributed by atoms with Gasteiger partial charge in [-0.15, -0.1) is 0 Å². The number of nitrogens with zero attached hydrogens (tertiary/aromatic N) is 1. The number of nitrogens with two attached hydrogens (primary N) is 1. The highest BCUT2D eigenvalue weighted by atomic mass is 32.1. The van der Waals surface area contributed by atoms with E-state index in [1.807, 2.05) is 0 Å². The van der Waals surface area contributed by atoms with Crippen LogP contribution in [-0.2, 0) is 0 Å². The summed E-state index contributed by atoms with van der Waals surface area (Å²) >= 11 is 3.89. The summed E-state index contributed by atoms with van der Waals surface area (Å²) in [4.78, 5) is 10.6. The normalized spacial score (nSPS) is 9.50. The van der Waals surface area contributed by atoms with Gasteiger partial charge in [-0.2, -0.15) is 0 Å². The number of amides is 2. The Bertz CT molecular complexity index is 284. The van der Waals surface area contributed by atoms with E-state index in [2.05, 4.69) is 19.7 Å². The lowest BCUT2D eigenvalue weighted by molar-refractivity contribution is 0.257. The second kappa shape index (κ2) is 3.49. The quantitative estimate of drug-likeness (QED) is 0.635. The van der Waals surface area contributed by atoms with E-state index in [-0.39, 0.29) is 0 Å². The van der Waals surface area contributed by atoms with Gasteiger partial charge in [0.25, 0.3) is 0 Å². The Hall–Kier alpha value is -1.16. The van der Waals surface area contributed by atoms with Crippen molar-refractivity contribution >= 4 is 24.5 Å². The van der Waals surface area contributed by atoms with Crippen LogP contribution in [0.3, 0.4) is 0 Å². The van der Waals surface area contributed by atoms with Crippen LogP contribution in [0.1, 0.15) is 5.56 Å². The van der Waals surface area contributed by atoms with Gasteiger partial charge in [-0.05, 0) is 24.6 Å². The standard InChI is InChI=1S/C8H9N2OS/c1-6-2-4-7(5-3-6)10(12)8(9)11/h2-5,12H,1H2,(H2,9,11). The number of carbonyl (C=O) groups excluding carboxylic acids is 1. The third kappa shape index (κ3) is 1.92. The second-order valence-corrected chi connectivity index (χ2v) is 2.72. The Morgan fingerprint density at radius 1 is 1.42 bits per heavy atom. The lowest BCUT2D eigenvalue weighted by atomic mass is 10.2. The molecule has 2 N–H and O–H groups in total. The van der Waals surface area contributed by atoms with Crippen molar-refractivity contribution in [1.29, 1.82) is 0 Å². The van der Waals surface area contributed by atoms with Crippen molar-refractivity contribution in [3.05, 3.63) is 36.8 Å². The molecule has 4 heteroatoms. The average Bonchev–Trinajstić information content (AvgIpc) is 2.04. The number of rotatable bonds is 1. The van der Waals surface area contributed by atoms with Crippen LogP contribution in [0.4, 0.5) is 10.5 Å². The molecular formula is C8H9N2OS. The molecule has 0 atom stereocenters. The highest BCUT2D eigenvalue weighted by Crippen LogP contribution is 2.15. The molecule has 2 amide bonds. The minimum atomic E-state index is -0.602. The van der Waals surface area contributed by atoms with Gasteiger partial charge in [-0.1, -0.05) is 24.9 Å². The first-order valence-corrected chi connectivity index (χ1v) is 3.71. The third-order valence-electron chi connectivity index (χ3n) is 1.39. The summed E-state index contributed by atoms with van der Waals surface area (Å²) in [6.07, 6.45) is 0. The van der Waals surface area contributed by atoms with E-state index in [4.69, 9.17) is 5.73 Å². The van der Waals surface area contributed by atoms with Crippen molar-refractivity contribution < 1.29 is 4.79 Å². The van der Waals surface area contributed by atoms with E-state index >= 15 is 0 Å². The molecule has 63 valence electrons. The molecular weight excluding hydrogens is 172 g/mol. The highest BCUT2D eigenvalue weighted by Gasteiger charge is 2.05. The van der Waals surface area contributed by atoms with Crippen molar-refractivity contribution in [2.75, 3.05) is 4.31 Å². The molecule has 3 nitrogen and oxygen atoms in total. The molecule has 0 spiro atoms. The first kappa shape index (κ1) is 8.93. The van der Waals surface area contributed by atoms with E-state index in [1.165, 1.54) is 0 Å². The molecule has 1 aromatic carbocycles. The Morgan fingerprint density at radius 3 is 2.33 bits per heavy atom. The molecule has 0 aliphatic heterocycles. The number of carbonyl (C=O) groups is 1. The Morgan fingerprint density at radius 2 is 1.92 bits per heavy atom. The molecule has 1 aromatic rings. The summed E-state index contributed by atoms with van der Waals surface area (Å²) in [5, 5.41) is 0. The zero-order valence-electron chi connectivity index (χ0n) is 6.40. The van der Waals surface area contributed by atoms with Crippen LogP contribution in [0.15, 0.2) is 24.3 Å². The van der Waals surface area contributed by atoms with Crippen molar-refractivity contribution in [2.24, 2.45) is 5.73 Å². The van der Waals surface area contributed by atoms with Gasteiger partial charge in [0.15, 0.2) is 0 Å². The predicted octanol–water partition coefficient (Wildman–Crippen LogP) is 1.60. The molecule has 0 bridgehead atoms. The van der Waals surface area contributed by atoms with Gasteiger partial charge in [0, 0.05) is 0 Å². The van der Waals surface area contributed by atoms with Crippen LogP contribution in [0.5, 0.6) is 0 Å². The number of hydrogen-bond donors (Lipinski definition) is 2. The second-order valence-electron chi connectivity index (χ2n) is 2.32. The van der Waals surface area contributed by atoms with Gasteiger partial charge in [0.1, 0.15) is 0 Å². The largest absolute Gasteiger partial charge is 0.350 e. The topological polar surface area (TPSA) is 46.3 Å². The van der Waals surface area contributed by atoms with Crippen molar-refractivity contribution in [1.82, 2.24) is 0 Å². The summed E-state index contributed by atoms with van der Waals surface area (Å²) in [5.74, 6) is 0. The van der Waals surface area contributed by atoms with E-state index in [1.54, 1.807) is 24.3 Å². The first-order valence-electron chi connectivity index (χ1n) is 3.31. The molecule has 12 heavy (non-hydrogen) atoms. The minimum absolute atomic E-state index is 0.602. The van der Waals surface area contributed by atoms with E-state index in [9.17, 15) is 4.79 Å². The van der Waals surface area contributed by atoms with E-state index in [0.29, 0.717) is 5.69 Å². The summed E-state index contributed by atoms with van der Waals surface area (Å²) < 4.78 is 1.07. The number of primary amides is 1. The SMILES string of the molecule is [CH2]c1ccc(N(S)C(N)=O)cc1. The summed E-state index contributed by atoms with van der Waals surface area (Å²) in [7, 11) is 0. The van der Waals surface area contributed by atoms with Crippen LogP contribution in [0.25, 0.3) is 0 Å². The summed E-state index contributed by atoms with van der Waals surface area (Å²) in [6, 6.07) is 6.40. The van der Waals surface area contributed by atoms with Crippen LogP contribution in [0.2, 0.25) is 0 Å². The number of benzene rings is 1. The minimum Gasteiger partial charge on any atom is -0.350 e. The average molecular weight is 181 g/mol. The molecule has 0 fully saturated rings. The maximum Gasteiger partial charge on any atom is 0.329 e. The molecule has 0 aliphatic carbocycles. The zero-order valence-corrected chi connectivity index (χ0v) is 7.29. The van der Waals surface area contributed by atoms with Gasteiger partial charge in [-0.3, -0.25) is 0 Å². The van der Waals surface area contributed by atoms with Gasteiger partial charge >= 0.3 is 6.03 Å². The smallest absolute Gasteiger partial charge is 0.329 e. The molecule has 0 saturated heterocycles. The first-order chi connectivity index (χ1) is 5.61. The van der Waals surface area contributed by atoms with Crippen LogP contribution in [0, 0.1) is 6.92 Å².